The molecule has 3 rings (SSSR count). The molecule has 1 aliphatic rings. The van der Waals surface area contributed by atoms with E-state index in [4.69, 9.17) is 0 Å². The van der Waals surface area contributed by atoms with Gasteiger partial charge in [0.05, 0.1) is 18.3 Å². The van der Waals surface area contributed by atoms with Crippen LogP contribution < -0.4 is 5.32 Å². The van der Waals surface area contributed by atoms with Crippen LogP contribution in [0, 0.1) is 0 Å². The van der Waals surface area contributed by atoms with Crippen LogP contribution >= 0.6 is 0 Å². The Balaban J connectivity index is 1.67. The number of benzene rings is 1. The summed E-state index contributed by atoms with van der Waals surface area (Å²) in [4.78, 5) is 14.1. The van der Waals surface area contributed by atoms with Crippen LogP contribution in [0.25, 0.3) is 0 Å². The number of aryl methyl sites for hydroxylation is 1. The SMILES string of the molecule is Cn1cc(CN(C(=O)Nc2ccc(C(F)(F)F)cc2)C2CC2)cn1. The van der Waals surface area contributed by atoms with Gasteiger partial charge in [-0.05, 0) is 37.1 Å². The van der Waals surface area contributed by atoms with Crippen LogP contribution in [0.4, 0.5) is 23.7 Å². The van der Waals surface area contributed by atoms with Crippen LogP contribution in [0.3, 0.4) is 0 Å². The van der Waals surface area contributed by atoms with E-state index < -0.39 is 11.7 Å². The van der Waals surface area contributed by atoms with Crippen LogP contribution in [-0.4, -0.2) is 26.8 Å². The number of halogens is 3. The number of carbonyl (C=O) groups excluding carboxylic acids is 1. The third-order valence-corrected chi connectivity index (χ3v) is 3.82. The summed E-state index contributed by atoms with van der Waals surface area (Å²) in [6.45, 7) is 0.422. The van der Waals surface area contributed by atoms with E-state index in [1.807, 2.05) is 6.20 Å². The van der Waals surface area contributed by atoms with Gasteiger partial charge in [-0.25, -0.2) is 4.79 Å². The summed E-state index contributed by atoms with van der Waals surface area (Å²) in [6.07, 6.45) is 1.01. The first-order chi connectivity index (χ1) is 11.3. The monoisotopic (exact) mass is 338 g/mol. The first-order valence-electron chi connectivity index (χ1n) is 7.55. The summed E-state index contributed by atoms with van der Waals surface area (Å²) in [5, 5.41) is 6.74. The van der Waals surface area contributed by atoms with E-state index in [2.05, 4.69) is 10.4 Å². The molecule has 2 amide bonds. The quantitative estimate of drug-likeness (QED) is 0.925. The predicted octanol–water partition coefficient (Wildman–Crippen LogP) is 3.64. The Morgan fingerprint density at radius 3 is 2.50 bits per heavy atom. The number of urea groups is 1. The maximum absolute atomic E-state index is 12.6. The molecule has 1 aromatic heterocycles. The smallest absolute Gasteiger partial charge is 0.317 e. The number of nitrogens with one attached hydrogen (secondary N) is 1. The maximum atomic E-state index is 12.6. The summed E-state index contributed by atoms with van der Waals surface area (Å²) < 4.78 is 39.4. The van der Waals surface area contributed by atoms with Crippen molar-refractivity contribution in [1.82, 2.24) is 14.7 Å². The molecule has 1 N–H and O–H groups in total. The molecule has 2 aromatic rings. The number of hydrogen-bond acceptors (Lipinski definition) is 2. The van der Waals surface area contributed by atoms with Gasteiger partial charge in [0.2, 0.25) is 0 Å². The molecular formula is C16H17F3N4O. The number of nitrogens with zero attached hydrogens (tertiary/aromatic N) is 3. The molecule has 0 atom stereocenters. The first-order valence-corrected chi connectivity index (χ1v) is 7.55. The number of rotatable bonds is 4. The van der Waals surface area contributed by atoms with Crippen molar-refractivity contribution in [2.24, 2.45) is 7.05 Å². The molecule has 24 heavy (non-hydrogen) atoms. The standard InChI is InChI=1S/C16H17F3N4O/c1-22-9-11(8-20-22)10-23(14-6-7-14)15(24)21-13-4-2-12(3-5-13)16(17,18)19/h2-5,8-9,14H,6-7,10H2,1H3,(H,21,24). The Labute approximate surface area is 137 Å². The highest BCUT2D eigenvalue weighted by atomic mass is 19.4. The molecule has 5 nitrogen and oxygen atoms in total. The Morgan fingerprint density at radius 2 is 2.00 bits per heavy atom. The van der Waals surface area contributed by atoms with E-state index in [-0.39, 0.29) is 12.1 Å². The number of carbonyl (C=O) groups is 1. The lowest BCUT2D eigenvalue weighted by Crippen LogP contribution is -2.36. The number of aromatic nitrogens is 2. The summed E-state index contributed by atoms with van der Waals surface area (Å²) in [5.41, 5.74) is 0.506. The zero-order chi connectivity index (χ0) is 17.3. The van der Waals surface area contributed by atoms with Crippen LogP contribution in [0.2, 0.25) is 0 Å². The minimum atomic E-state index is -4.39. The summed E-state index contributed by atoms with van der Waals surface area (Å²) in [7, 11) is 1.80. The van der Waals surface area contributed by atoms with Crippen molar-refractivity contribution < 1.29 is 18.0 Å². The van der Waals surface area contributed by atoms with E-state index in [0.717, 1.165) is 30.5 Å². The van der Waals surface area contributed by atoms with Crippen molar-refractivity contribution >= 4 is 11.7 Å². The van der Waals surface area contributed by atoms with Crippen molar-refractivity contribution in [3.63, 3.8) is 0 Å². The maximum Gasteiger partial charge on any atom is 0.416 e. The average Bonchev–Trinajstić information content (AvgIpc) is 3.27. The van der Waals surface area contributed by atoms with Gasteiger partial charge < -0.3 is 10.2 Å². The van der Waals surface area contributed by atoms with Crippen LogP contribution in [-0.2, 0) is 19.8 Å². The first kappa shape index (κ1) is 16.4. The van der Waals surface area contributed by atoms with Gasteiger partial charge in [-0.15, -0.1) is 0 Å². The molecule has 0 spiro atoms. The average molecular weight is 338 g/mol. The van der Waals surface area contributed by atoms with E-state index in [1.165, 1.54) is 12.1 Å². The van der Waals surface area contributed by atoms with Gasteiger partial charge in [0, 0.05) is 30.5 Å². The third-order valence-electron chi connectivity index (χ3n) is 3.82. The van der Waals surface area contributed by atoms with Crippen LogP contribution in [0.5, 0.6) is 0 Å². The van der Waals surface area contributed by atoms with Crippen molar-refractivity contribution in [2.75, 3.05) is 5.32 Å². The normalized spacial score (nSPS) is 14.5. The third kappa shape index (κ3) is 3.87. The second-order valence-corrected chi connectivity index (χ2v) is 5.89. The molecule has 1 heterocycles. The highest BCUT2D eigenvalue weighted by Crippen LogP contribution is 2.31. The van der Waals surface area contributed by atoms with Gasteiger partial charge in [0.25, 0.3) is 0 Å². The molecule has 8 heteroatoms. The summed E-state index contributed by atoms with van der Waals surface area (Å²) in [5.74, 6) is 0. The van der Waals surface area contributed by atoms with Crippen molar-refractivity contribution in [2.45, 2.75) is 31.6 Å². The molecule has 0 unspecified atom stereocenters. The second-order valence-electron chi connectivity index (χ2n) is 5.89. The molecule has 0 aliphatic heterocycles. The van der Waals surface area contributed by atoms with Crippen molar-refractivity contribution in [3.05, 3.63) is 47.8 Å². The van der Waals surface area contributed by atoms with Gasteiger partial charge in [-0.3, -0.25) is 4.68 Å². The summed E-state index contributed by atoms with van der Waals surface area (Å²) >= 11 is 0. The predicted molar refractivity (Wildman–Crippen MR) is 82.2 cm³/mol. The highest BCUT2D eigenvalue weighted by molar-refractivity contribution is 5.89. The number of hydrogen-bond donors (Lipinski definition) is 1. The lowest BCUT2D eigenvalue weighted by atomic mass is 10.2. The number of anilines is 1. The van der Waals surface area contributed by atoms with Crippen molar-refractivity contribution in [1.29, 1.82) is 0 Å². The Kier molecular flexibility index (Phi) is 4.21. The molecule has 0 radical (unpaired) electrons. The van der Waals surface area contributed by atoms with Gasteiger partial charge in [-0.2, -0.15) is 18.3 Å². The lowest BCUT2D eigenvalue weighted by Gasteiger charge is -2.22. The molecule has 1 aromatic carbocycles. The van der Waals surface area contributed by atoms with E-state index >= 15 is 0 Å². The fourth-order valence-electron chi connectivity index (χ4n) is 2.44. The Morgan fingerprint density at radius 1 is 1.33 bits per heavy atom. The minimum Gasteiger partial charge on any atom is -0.317 e. The Hall–Kier alpha value is -2.51. The van der Waals surface area contributed by atoms with Gasteiger partial charge in [0.15, 0.2) is 0 Å². The fourth-order valence-corrected chi connectivity index (χ4v) is 2.44. The highest BCUT2D eigenvalue weighted by Gasteiger charge is 2.33. The van der Waals surface area contributed by atoms with Crippen LogP contribution in [0.1, 0.15) is 24.0 Å². The largest absolute Gasteiger partial charge is 0.416 e. The Bertz CT molecular complexity index is 720. The lowest BCUT2D eigenvalue weighted by molar-refractivity contribution is -0.137. The molecule has 1 fully saturated rings. The molecule has 128 valence electrons. The van der Waals surface area contributed by atoms with Gasteiger partial charge in [-0.1, -0.05) is 0 Å². The van der Waals surface area contributed by atoms with Crippen LogP contribution in [0.15, 0.2) is 36.7 Å². The topological polar surface area (TPSA) is 50.2 Å². The van der Waals surface area contributed by atoms with E-state index in [1.54, 1.807) is 22.8 Å². The zero-order valence-corrected chi connectivity index (χ0v) is 13.0. The minimum absolute atomic E-state index is 0.166. The van der Waals surface area contributed by atoms with Gasteiger partial charge in [0.1, 0.15) is 0 Å². The van der Waals surface area contributed by atoms with Gasteiger partial charge >= 0.3 is 12.2 Å². The molecule has 1 saturated carbocycles. The fraction of sp³-hybridized carbons (Fsp3) is 0.375. The molecule has 1 aliphatic carbocycles. The molecule has 0 saturated heterocycles. The van der Waals surface area contributed by atoms with E-state index in [9.17, 15) is 18.0 Å². The molecular weight excluding hydrogens is 321 g/mol. The number of amides is 2. The second kappa shape index (κ2) is 6.18. The van der Waals surface area contributed by atoms with Crippen molar-refractivity contribution in [3.8, 4) is 0 Å². The van der Waals surface area contributed by atoms with E-state index in [0.29, 0.717) is 12.2 Å². The number of alkyl halides is 3. The molecule has 0 bridgehead atoms. The summed E-state index contributed by atoms with van der Waals surface area (Å²) in [6, 6.07) is 4.28. The zero-order valence-electron chi connectivity index (χ0n) is 13.0.